The van der Waals surface area contributed by atoms with E-state index in [4.69, 9.17) is 14.2 Å². The summed E-state index contributed by atoms with van der Waals surface area (Å²) in [6.07, 6.45) is 0.821. The number of phenols is 1. The van der Waals surface area contributed by atoms with Crippen molar-refractivity contribution in [2.45, 2.75) is 12.7 Å². The monoisotopic (exact) mass is 426 g/mol. The highest BCUT2D eigenvalue weighted by Gasteiger charge is 2.34. The third kappa shape index (κ3) is 6.55. The first kappa shape index (κ1) is 23.4. The van der Waals surface area contributed by atoms with E-state index in [1.54, 1.807) is 30.3 Å². The van der Waals surface area contributed by atoms with Crippen LogP contribution in [0.4, 0.5) is 0 Å². The van der Waals surface area contributed by atoms with Crippen LogP contribution in [0, 0.1) is 0 Å². The topological polar surface area (TPSA) is 119 Å². The van der Waals surface area contributed by atoms with E-state index in [2.05, 4.69) is 13.2 Å². The van der Waals surface area contributed by atoms with E-state index < -0.39 is 30.9 Å². The molecule has 0 spiro atoms. The van der Waals surface area contributed by atoms with Crippen molar-refractivity contribution < 1.29 is 38.8 Å². The van der Waals surface area contributed by atoms with Crippen LogP contribution in [0.25, 0.3) is 0 Å². The molecule has 2 aromatic carbocycles. The Morgan fingerprint density at radius 3 is 2.35 bits per heavy atom. The number of hydrogen-bond acceptors (Lipinski definition) is 8. The number of rotatable bonds is 10. The lowest BCUT2D eigenvalue weighted by atomic mass is 10.0. The molecule has 0 saturated heterocycles. The Bertz CT molecular complexity index is 996. The summed E-state index contributed by atoms with van der Waals surface area (Å²) >= 11 is 0. The van der Waals surface area contributed by atoms with Crippen LogP contribution in [0.5, 0.6) is 11.5 Å². The van der Waals surface area contributed by atoms with E-state index in [0.29, 0.717) is 5.56 Å². The summed E-state index contributed by atoms with van der Waals surface area (Å²) in [6.45, 7) is 6.70. The van der Waals surface area contributed by atoms with Crippen molar-refractivity contribution in [2.24, 2.45) is 0 Å². The van der Waals surface area contributed by atoms with Crippen molar-refractivity contribution in [1.82, 2.24) is 0 Å². The van der Waals surface area contributed by atoms with Gasteiger partial charge in [0.15, 0.2) is 19.0 Å². The average Bonchev–Trinajstić information content (AvgIpc) is 2.76. The Morgan fingerprint density at radius 2 is 1.77 bits per heavy atom. The molecule has 0 aliphatic carbocycles. The minimum atomic E-state index is -2.33. The number of benzene rings is 2. The zero-order valence-corrected chi connectivity index (χ0v) is 16.9. The van der Waals surface area contributed by atoms with Gasteiger partial charge >= 0.3 is 11.9 Å². The number of hydrogen-bond donors (Lipinski definition) is 2. The number of esters is 2. The molecule has 8 heteroatoms. The van der Waals surface area contributed by atoms with E-state index >= 15 is 0 Å². The van der Waals surface area contributed by atoms with Gasteiger partial charge in [0.25, 0.3) is 5.79 Å². The lowest BCUT2D eigenvalue weighted by molar-refractivity contribution is -0.234. The zero-order chi connectivity index (χ0) is 23.0. The summed E-state index contributed by atoms with van der Waals surface area (Å²) in [5.74, 6) is -4.75. The third-order valence-electron chi connectivity index (χ3n) is 3.95. The van der Waals surface area contributed by atoms with Crippen LogP contribution in [0.3, 0.4) is 0 Å². The van der Waals surface area contributed by atoms with Gasteiger partial charge in [-0.15, -0.1) is 0 Å². The van der Waals surface area contributed by atoms with E-state index in [-0.39, 0.29) is 28.4 Å². The number of aromatic hydroxyl groups is 1. The van der Waals surface area contributed by atoms with Crippen molar-refractivity contribution in [3.63, 3.8) is 0 Å². The van der Waals surface area contributed by atoms with Gasteiger partial charge in [-0.1, -0.05) is 43.5 Å². The first-order valence-electron chi connectivity index (χ1n) is 9.11. The summed E-state index contributed by atoms with van der Waals surface area (Å²) in [5, 5.41) is 20.8. The molecule has 31 heavy (non-hydrogen) atoms. The first-order valence-corrected chi connectivity index (χ1v) is 9.11. The van der Waals surface area contributed by atoms with E-state index in [0.717, 1.165) is 6.08 Å². The fraction of sp³-hybridized carbons (Fsp3) is 0.174. The molecule has 2 rings (SSSR count). The highest BCUT2D eigenvalue weighted by Crippen LogP contribution is 2.26. The maximum absolute atomic E-state index is 12.5. The Balaban J connectivity index is 2.13. The minimum Gasteiger partial charge on any atom is -0.507 e. The van der Waals surface area contributed by atoms with Crippen LogP contribution in [-0.4, -0.2) is 46.9 Å². The fourth-order valence-corrected chi connectivity index (χ4v) is 2.37. The zero-order valence-electron chi connectivity index (χ0n) is 16.9. The van der Waals surface area contributed by atoms with Crippen molar-refractivity contribution in [3.05, 3.63) is 84.5 Å². The summed E-state index contributed by atoms with van der Waals surface area (Å²) < 4.78 is 15.1. The molecule has 0 amide bonds. The standard InChI is InChI=1S/C23H22O8/c1-4-20(25)31-23(28,14-30-22(27)15(2)3)13-29-17-10-11-18(19(24)12-17)21(26)16-8-6-5-7-9-16/h4-12,24,28H,1-2,13-14H2,3H3. The van der Waals surface area contributed by atoms with Crippen LogP contribution in [0.1, 0.15) is 22.8 Å². The molecule has 1 unspecified atom stereocenters. The van der Waals surface area contributed by atoms with Gasteiger partial charge in [-0.25, -0.2) is 9.59 Å². The molecule has 2 aromatic rings. The maximum Gasteiger partial charge on any atom is 0.333 e. The molecule has 2 N–H and O–H groups in total. The molecule has 8 nitrogen and oxygen atoms in total. The predicted octanol–water partition coefficient (Wildman–Crippen LogP) is 2.54. The summed E-state index contributed by atoms with van der Waals surface area (Å²) in [7, 11) is 0. The summed E-state index contributed by atoms with van der Waals surface area (Å²) in [6, 6.07) is 12.3. The van der Waals surface area contributed by atoms with Gasteiger partial charge in [0, 0.05) is 23.3 Å². The fourth-order valence-electron chi connectivity index (χ4n) is 2.37. The Morgan fingerprint density at radius 1 is 1.10 bits per heavy atom. The molecule has 162 valence electrons. The first-order chi connectivity index (χ1) is 14.6. The van der Waals surface area contributed by atoms with Gasteiger partial charge in [-0.2, -0.15) is 0 Å². The number of phenolic OH excluding ortho intramolecular Hbond substituents is 1. The third-order valence-corrected chi connectivity index (χ3v) is 3.95. The maximum atomic E-state index is 12.5. The van der Waals surface area contributed by atoms with Crippen LogP contribution in [0.15, 0.2) is 73.3 Å². The Hall–Kier alpha value is -3.91. The quantitative estimate of drug-likeness (QED) is 0.257. The van der Waals surface area contributed by atoms with E-state index in [9.17, 15) is 24.6 Å². The molecule has 0 aliphatic rings. The number of ketones is 1. The highest BCUT2D eigenvalue weighted by atomic mass is 16.7. The van der Waals surface area contributed by atoms with Crippen molar-refractivity contribution in [2.75, 3.05) is 13.2 Å². The summed E-state index contributed by atoms with van der Waals surface area (Å²) in [5.41, 5.74) is 0.542. The molecule has 0 heterocycles. The molecule has 0 saturated carbocycles. The molecule has 0 fully saturated rings. The van der Waals surface area contributed by atoms with Crippen LogP contribution in [0.2, 0.25) is 0 Å². The molecule has 0 aromatic heterocycles. The van der Waals surface area contributed by atoms with Crippen molar-refractivity contribution >= 4 is 17.7 Å². The van der Waals surface area contributed by atoms with Crippen LogP contribution >= 0.6 is 0 Å². The number of aliphatic hydroxyl groups is 1. The minimum absolute atomic E-state index is 0.0577. The predicted molar refractivity (Wildman–Crippen MR) is 110 cm³/mol. The van der Waals surface area contributed by atoms with Crippen molar-refractivity contribution in [1.29, 1.82) is 0 Å². The largest absolute Gasteiger partial charge is 0.507 e. The average molecular weight is 426 g/mol. The number of carbonyl (C=O) groups is 3. The number of carbonyl (C=O) groups excluding carboxylic acids is 3. The lowest BCUT2D eigenvalue weighted by Gasteiger charge is -2.26. The van der Waals surface area contributed by atoms with E-state index in [1.165, 1.54) is 25.1 Å². The Labute approximate surface area is 179 Å². The van der Waals surface area contributed by atoms with Gasteiger partial charge in [-0.3, -0.25) is 4.79 Å². The summed E-state index contributed by atoms with van der Waals surface area (Å²) in [4.78, 5) is 35.6. The van der Waals surface area contributed by atoms with Gasteiger partial charge in [-0.05, 0) is 19.1 Å². The van der Waals surface area contributed by atoms with Gasteiger partial charge in [0.2, 0.25) is 0 Å². The molecule has 0 bridgehead atoms. The second kappa shape index (κ2) is 10.2. The van der Waals surface area contributed by atoms with Gasteiger partial charge < -0.3 is 24.4 Å². The second-order valence-corrected chi connectivity index (χ2v) is 6.59. The van der Waals surface area contributed by atoms with E-state index in [1.807, 2.05) is 0 Å². The smallest absolute Gasteiger partial charge is 0.333 e. The normalized spacial score (nSPS) is 12.2. The number of ether oxygens (including phenoxy) is 3. The molecular formula is C23H22O8. The molecular weight excluding hydrogens is 404 g/mol. The lowest BCUT2D eigenvalue weighted by Crippen LogP contribution is -2.45. The second-order valence-electron chi connectivity index (χ2n) is 6.59. The molecule has 0 radical (unpaired) electrons. The highest BCUT2D eigenvalue weighted by molar-refractivity contribution is 6.10. The SMILES string of the molecule is C=CC(=O)OC(O)(COC(=O)C(=C)C)COc1ccc(C(=O)c2ccccc2)c(O)c1. The van der Waals surface area contributed by atoms with Crippen LogP contribution < -0.4 is 4.74 Å². The van der Waals surface area contributed by atoms with Crippen LogP contribution in [-0.2, 0) is 19.1 Å². The Kier molecular flexibility index (Phi) is 7.70. The van der Waals surface area contributed by atoms with Crippen molar-refractivity contribution in [3.8, 4) is 11.5 Å². The van der Waals surface area contributed by atoms with Gasteiger partial charge in [0.1, 0.15) is 11.5 Å². The molecule has 1 atom stereocenters. The van der Waals surface area contributed by atoms with Gasteiger partial charge in [0.05, 0.1) is 5.56 Å². The molecule has 0 aliphatic heterocycles.